The lowest BCUT2D eigenvalue weighted by atomic mass is 10.1. The van der Waals surface area contributed by atoms with Gasteiger partial charge in [-0.2, -0.15) is 0 Å². The SMILES string of the molecule is CCCCCCCC[P+](CCCCCCCC)(CCCCCCCC)CCCCCCCC.O=S(=O)([O-])[O-].[H+]. The fraction of sp³-hybridized carbons (Fsp3) is 1.00. The molecule has 0 saturated carbocycles. The first kappa shape index (κ1) is 40.4. The molecule has 0 heterocycles. The van der Waals surface area contributed by atoms with Gasteiger partial charge < -0.3 is 9.11 Å². The zero-order valence-electron chi connectivity index (χ0n) is 27.3. The lowest BCUT2D eigenvalue weighted by molar-refractivity contribution is 0.352. The highest BCUT2D eigenvalue weighted by Gasteiger charge is 2.34. The van der Waals surface area contributed by atoms with Gasteiger partial charge in [-0.1, -0.05) is 130 Å². The Morgan fingerprint density at radius 2 is 0.553 bits per heavy atom. The molecule has 0 aliphatic carbocycles. The summed E-state index contributed by atoms with van der Waals surface area (Å²) >= 11 is 0. The van der Waals surface area contributed by atoms with Gasteiger partial charge in [0.15, 0.2) is 0 Å². The van der Waals surface area contributed by atoms with E-state index in [-0.39, 0.29) is 1.43 Å². The van der Waals surface area contributed by atoms with Crippen LogP contribution in [0.5, 0.6) is 0 Å². The van der Waals surface area contributed by atoms with Gasteiger partial charge in [-0.15, -0.1) is 0 Å². The van der Waals surface area contributed by atoms with Gasteiger partial charge in [0.1, 0.15) is 0 Å². The third-order valence-corrected chi connectivity index (χ3v) is 13.0. The molecular weight excluding hydrogens is 511 g/mol. The summed E-state index contributed by atoms with van der Waals surface area (Å²) in [7, 11) is -5.89. The van der Waals surface area contributed by atoms with Gasteiger partial charge in [0.25, 0.3) is 0 Å². The number of hydrogen-bond donors (Lipinski definition) is 0. The molecule has 0 unspecified atom stereocenters. The highest BCUT2D eigenvalue weighted by atomic mass is 32.3. The predicted octanol–water partition coefficient (Wildman–Crippen LogP) is 11.2. The summed E-state index contributed by atoms with van der Waals surface area (Å²) in [6.45, 7) is 9.38. The van der Waals surface area contributed by atoms with E-state index in [1.54, 1.807) is 50.3 Å². The van der Waals surface area contributed by atoms with E-state index in [9.17, 15) is 0 Å². The zero-order chi connectivity index (χ0) is 28.8. The summed E-state index contributed by atoms with van der Waals surface area (Å²) in [5.74, 6) is 0. The van der Waals surface area contributed by atoms with E-state index in [2.05, 4.69) is 27.7 Å². The topological polar surface area (TPSA) is 80.3 Å². The smallest absolute Gasteiger partial charge is 0.759 e. The first-order valence-corrected chi connectivity index (χ1v) is 20.6. The van der Waals surface area contributed by atoms with E-state index < -0.39 is 17.7 Å². The molecule has 0 radical (unpaired) electrons. The van der Waals surface area contributed by atoms with E-state index in [1.165, 1.54) is 128 Å². The van der Waals surface area contributed by atoms with Crippen LogP contribution < -0.4 is 0 Å². The summed E-state index contributed by atoms with van der Waals surface area (Å²) in [6, 6.07) is 0. The minimum Gasteiger partial charge on any atom is -0.759 e. The molecule has 0 aromatic rings. The van der Waals surface area contributed by atoms with Crippen LogP contribution in [-0.2, 0) is 10.4 Å². The molecule has 0 aromatic heterocycles. The van der Waals surface area contributed by atoms with Gasteiger partial charge in [0.2, 0.25) is 0 Å². The van der Waals surface area contributed by atoms with Crippen LogP contribution in [0.1, 0.15) is 183 Å². The molecule has 0 aliphatic rings. The van der Waals surface area contributed by atoms with Crippen molar-refractivity contribution < 1.29 is 18.9 Å². The molecule has 38 heavy (non-hydrogen) atoms. The third kappa shape index (κ3) is 34.3. The molecule has 0 fully saturated rings. The standard InChI is InChI=1S/C32H68P.H2O4S/c1-5-9-13-17-21-25-29-33(30-26-22-18-14-10-6-2,31-27-23-19-15-11-7-3)32-28-24-20-16-12-8-4;1-5(2,3)4/h5-32H2,1-4H3;(H2,1,2,3,4)/q+1;/p-1. The van der Waals surface area contributed by atoms with Crippen LogP contribution in [0.3, 0.4) is 0 Å². The second-order valence-corrected chi connectivity index (χ2v) is 17.0. The second-order valence-electron chi connectivity index (χ2n) is 11.7. The zero-order valence-corrected chi connectivity index (χ0v) is 28.0. The maximum atomic E-state index is 8.52. The van der Waals surface area contributed by atoms with Crippen molar-refractivity contribution in [1.82, 2.24) is 0 Å². The molecule has 6 heteroatoms. The Kier molecular flexibility index (Phi) is 32.2. The Morgan fingerprint density at radius 1 is 0.395 bits per heavy atom. The van der Waals surface area contributed by atoms with Gasteiger partial charge in [0.05, 0.1) is 24.6 Å². The highest BCUT2D eigenvalue weighted by Crippen LogP contribution is 2.61. The summed E-state index contributed by atoms with van der Waals surface area (Å²) in [5, 5.41) is 0. The minimum atomic E-state index is -5.17. The fourth-order valence-electron chi connectivity index (χ4n) is 5.58. The van der Waals surface area contributed by atoms with E-state index in [1.807, 2.05) is 0 Å². The van der Waals surface area contributed by atoms with Crippen molar-refractivity contribution in [3.05, 3.63) is 0 Å². The summed E-state index contributed by atoms with van der Waals surface area (Å²) in [6.07, 6.45) is 42.1. The van der Waals surface area contributed by atoms with Gasteiger partial charge >= 0.3 is 1.43 Å². The first-order valence-electron chi connectivity index (χ1n) is 16.8. The lowest BCUT2D eigenvalue weighted by Crippen LogP contribution is -2.13. The molecule has 0 spiro atoms. The van der Waals surface area contributed by atoms with Crippen LogP contribution in [0.15, 0.2) is 0 Å². The van der Waals surface area contributed by atoms with E-state index in [0.717, 1.165) is 0 Å². The Balaban J connectivity index is -0.00000196. The van der Waals surface area contributed by atoms with Crippen molar-refractivity contribution in [2.45, 2.75) is 182 Å². The number of rotatable bonds is 28. The molecule has 0 amide bonds. The molecule has 0 bridgehead atoms. The summed E-state index contributed by atoms with van der Waals surface area (Å²) < 4.78 is 34.1. The normalized spacial score (nSPS) is 11.9. The minimum absolute atomic E-state index is 0. The second kappa shape index (κ2) is 30.3. The maximum absolute atomic E-state index is 8.52. The molecule has 0 atom stereocenters. The van der Waals surface area contributed by atoms with Crippen molar-refractivity contribution in [3.63, 3.8) is 0 Å². The molecule has 0 aromatic carbocycles. The van der Waals surface area contributed by atoms with Crippen LogP contribution >= 0.6 is 7.26 Å². The van der Waals surface area contributed by atoms with Gasteiger partial charge in [0, 0.05) is 17.7 Å². The van der Waals surface area contributed by atoms with E-state index in [0.29, 0.717) is 0 Å². The lowest BCUT2D eigenvalue weighted by Gasteiger charge is -2.28. The predicted molar refractivity (Wildman–Crippen MR) is 171 cm³/mol. The van der Waals surface area contributed by atoms with Crippen LogP contribution in [0.25, 0.3) is 0 Å². The van der Waals surface area contributed by atoms with Gasteiger partial charge in [-0.25, -0.2) is 0 Å². The van der Waals surface area contributed by atoms with Crippen molar-refractivity contribution in [2.24, 2.45) is 0 Å². The van der Waals surface area contributed by atoms with Gasteiger partial charge in [-0.3, -0.25) is 8.42 Å². The van der Waals surface area contributed by atoms with Crippen LogP contribution in [0.2, 0.25) is 0 Å². The number of unbranched alkanes of at least 4 members (excludes halogenated alkanes) is 20. The molecular formula is C32H69O4PS. The molecule has 0 rings (SSSR count). The average molecular weight is 581 g/mol. The van der Waals surface area contributed by atoms with Gasteiger partial charge in [-0.05, 0) is 51.4 Å². The van der Waals surface area contributed by atoms with E-state index in [4.69, 9.17) is 17.5 Å². The van der Waals surface area contributed by atoms with Crippen LogP contribution in [0, 0.1) is 0 Å². The molecule has 0 aliphatic heterocycles. The fourth-order valence-corrected chi connectivity index (χ4v) is 10.5. The van der Waals surface area contributed by atoms with Crippen molar-refractivity contribution in [1.29, 1.82) is 0 Å². The maximum Gasteiger partial charge on any atom is 1.00 e. The Labute approximate surface area is 242 Å². The summed E-state index contributed by atoms with van der Waals surface area (Å²) in [4.78, 5) is 0. The molecule has 0 saturated heterocycles. The van der Waals surface area contributed by atoms with Crippen molar-refractivity contribution in [2.75, 3.05) is 24.6 Å². The Bertz CT molecular complexity index is 483. The molecule has 232 valence electrons. The van der Waals surface area contributed by atoms with E-state index >= 15 is 0 Å². The quantitative estimate of drug-likeness (QED) is 0.0399. The molecule has 4 nitrogen and oxygen atoms in total. The first-order chi connectivity index (χ1) is 18.2. The number of hydrogen-bond acceptors (Lipinski definition) is 4. The summed E-state index contributed by atoms with van der Waals surface area (Å²) in [5.41, 5.74) is 0. The van der Waals surface area contributed by atoms with Crippen LogP contribution in [0.4, 0.5) is 0 Å². The largest absolute Gasteiger partial charge is 1.00 e. The van der Waals surface area contributed by atoms with Crippen molar-refractivity contribution in [3.8, 4) is 0 Å². The Hall–Kier alpha value is 0.300. The average Bonchev–Trinajstić information content (AvgIpc) is 2.86. The highest BCUT2D eigenvalue weighted by molar-refractivity contribution is 7.79. The molecule has 0 N–H and O–H groups in total. The monoisotopic (exact) mass is 580 g/mol. The van der Waals surface area contributed by atoms with Crippen LogP contribution in [-0.4, -0.2) is 42.2 Å². The van der Waals surface area contributed by atoms with Crippen molar-refractivity contribution >= 4 is 17.7 Å². The third-order valence-electron chi connectivity index (χ3n) is 7.94. The Morgan fingerprint density at radius 3 is 0.737 bits per heavy atom.